The van der Waals surface area contributed by atoms with Crippen molar-refractivity contribution in [3.05, 3.63) is 23.8 Å². The van der Waals surface area contributed by atoms with E-state index in [0.717, 1.165) is 29.8 Å². The zero-order chi connectivity index (χ0) is 16.4. The number of nitrogens with one attached hydrogen (secondary N) is 2. The molecule has 0 aromatic heterocycles. The van der Waals surface area contributed by atoms with E-state index in [1.54, 1.807) is 0 Å². The average molecular weight is 316 g/mol. The third-order valence-corrected chi connectivity index (χ3v) is 4.87. The summed E-state index contributed by atoms with van der Waals surface area (Å²) in [5, 5.41) is 6.67. The number of piperidine rings is 1. The first-order chi connectivity index (χ1) is 11.0. The smallest absolute Gasteiger partial charge is 0.224 e. The largest absolute Gasteiger partial charge is 0.491 e. The Bertz CT molecular complexity index is 558. The Balaban J connectivity index is 1.54. The Kier molecular flexibility index (Phi) is 4.90. The first-order valence-electron chi connectivity index (χ1n) is 8.83. The Morgan fingerprint density at radius 3 is 2.61 bits per heavy atom. The number of benzene rings is 1. The van der Waals surface area contributed by atoms with Crippen molar-refractivity contribution >= 4 is 11.6 Å². The van der Waals surface area contributed by atoms with Gasteiger partial charge in [0, 0.05) is 24.2 Å². The molecule has 1 aromatic carbocycles. The number of carbonyl (C=O) groups excluding carboxylic acids is 1. The fourth-order valence-electron chi connectivity index (χ4n) is 3.93. The molecule has 2 heterocycles. The molecular formula is C19H28N2O2. The lowest BCUT2D eigenvalue weighted by Crippen LogP contribution is -2.39. The van der Waals surface area contributed by atoms with Crippen LogP contribution in [0.3, 0.4) is 0 Å². The molecule has 0 aliphatic carbocycles. The fraction of sp³-hybridized carbons (Fsp3) is 0.632. The second kappa shape index (κ2) is 6.91. The standard InChI is InChI=1S/C19H28N2O2/c1-12(2)23-18-7-6-15(8-13(18)3)21-19(22)11-14-9-16-4-5-17(10-14)20-16/h6-8,12,14,16-17,20H,4-5,9-11H2,1-3H3,(H,21,22). The second-order valence-electron chi connectivity index (χ2n) is 7.37. The van der Waals surface area contributed by atoms with E-state index in [1.807, 2.05) is 39.0 Å². The fourth-order valence-corrected chi connectivity index (χ4v) is 3.93. The Morgan fingerprint density at radius 2 is 2.00 bits per heavy atom. The van der Waals surface area contributed by atoms with Crippen LogP contribution in [0.4, 0.5) is 5.69 Å². The van der Waals surface area contributed by atoms with Crippen molar-refractivity contribution in [2.24, 2.45) is 5.92 Å². The molecular weight excluding hydrogens is 288 g/mol. The number of rotatable bonds is 5. The van der Waals surface area contributed by atoms with Crippen molar-refractivity contribution in [3.63, 3.8) is 0 Å². The maximum Gasteiger partial charge on any atom is 0.224 e. The van der Waals surface area contributed by atoms with E-state index < -0.39 is 0 Å². The van der Waals surface area contributed by atoms with Gasteiger partial charge in [-0.2, -0.15) is 0 Å². The minimum absolute atomic E-state index is 0.133. The number of fused-ring (bicyclic) bond motifs is 2. The average Bonchev–Trinajstić information content (AvgIpc) is 2.80. The summed E-state index contributed by atoms with van der Waals surface area (Å²) in [5.41, 5.74) is 1.91. The normalized spacial score (nSPS) is 26.3. The van der Waals surface area contributed by atoms with Gasteiger partial charge in [0.2, 0.25) is 5.91 Å². The van der Waals surface area contributed by atoms with Gasteiger partial charge in [-0.3, -0.25) is 4.79 Å². The third kappa shape index (κ3) is 4.25. The van der Waals surface area contributed by atoms with E-state index >= 15 is 0 Å². The summed E-state index contributed by atoms with van der Waals surface area (Å²) in [6, 6.07) is 7.13. The van der Waals surface area contributed by atoms with Crippen molar-refractivity contribution < 1.29 is 9.53 Å². The van der Waals surface area contributed by atoms with Crippen LogP contribution in [0, 0.1) is 12.8 Å². The maximum atomic E-state index is 12.3. The van der Waals surface area contributed by atoms with E-state index in [9.17, 15) is 4.79 Å². The summed E-state index contributed by atoms with van der Waals surface area (Å²) >= 11 is 0. The van der Waals surface area contributed by atoms with Gasteiger partial charge in [0.1, 0.15) is 5.75 Å². The molecule has 2 saturated heterocycles. The Morgan fingerprint density at radius 1 is 1.30 bits per heavy atom. The summed E-state index contributed by atoms with van der Waals surface area (Å²) in [7, 11) is 0. The van der Waals surface area contributed by atoms with Crippen LogP contribution >= 0.6 is 0 Å². The molecule has 2 atom stereocenters. The molecule has 1 amide bonds. The predicted molar refractivity (Wildman–Crippen MR) is 92.9 cm³/mol. The van der Waals surface area contributed by atoms with E-state index in [1.165, 1.54) is 12.8 Å². The highest BCUT2D eigenvalue weighted by atomic mass is 16.5. The Hall–Kier alpha value is -1.55. The molecule has 4 nitrogen and oxygen atoms in total. The maximum absolute atomic E-state index is 12.3. The molecule has 0 radical (unpaired) electrons. The van der Waals surface area contributed by atoms with Gasteiger partial charge in [0.05, 0.1) is 6.10 Å². The van der Waals surface area contributed by atoms with Gasteiger partial charge in [-0.05, 0) is 76.1 Å². The number of hydrogen-bond donors (Lipinski definition) is 2. The number of hydrogen-bond acceptors (Lipinski definition) is 3. The second-order valence-corrected chi connectivity index (χ2v) is 7.37. The van der Waals surface area contributed by atoms with Gasteiger partial charge in [-0.25, -0.2) is 0 Å². The minimum Gasteiger partial charge on any atom is -0.491 e. The van der Waals surface area contributed by atoms with E-state index in [-0.39, 0.29) is 12.0 Å². The molecule has 4 heteroatoms. The van der Waals surface area contributed by atoms with E-state index in [2.05, 4.69) is 10.6 Å². The summed E-state index contributed by atoms with van der Waals surface area (Å²) in [5.74, 6) is 1.54. The van der Waals surface area contributed by atoms with Gasteiger partial charge in [0.15, 0.2) is 0 Å². The summed E-state index contributed by atoms with van der Waals surface area (Å²) < 4.78 is 5.74. The van der Waals surface area contributed by atoms with Crippen molar-refractivity contribution in [1.29, 1.82) is 0 Å². The lowest BCUT2D eigenvalue weighted by molar-refractivity contribution is -0.117. The van der Waals surface area contributed by atoms with Crippen LogP contribution in [-0.2, 0) is 4.79 Å². The van der Waals surface area contributed by atoms with Crippen molar-refractivity contribution in [3.8, 4) is 5.75 Å². The third-order valence-electron chi connectivity index (χ3n) is 4.87. The molecule has 3 rings (SSSR count). The van der Waals surface area contributed by atoms with E-state index in [4.69, 9.17) is 4.74 Å². The number of amides is 1. The van der Waals surface area contributed by atoms with E-state index in [0.29, 0.717) is 24.4 Å². The number of carbonyl (C=O) groups is 1. The lowest BCUT2D eigenvalue weighted by atomic mass is 9.89. The van der Waals surface area contributed by atoms with Crippen LogP contribution in [0.15, 0.2) is 18.2 Å². The highest BCUT2D eigenvalue weighted by molar-refractivity contribution is 5.91. The molecule has 2 bridgehead atoms. The van der Waals surface area contributed by atoms with Gasteiger partial charge < -0.3 is 15.4 Å². The molecule has 126 valence electrons. The van der Waals surface area contributed by atoms with Crippen LogP contribution < -0.4 is 15.4 Å². The minimum atomic E-state index is 0.133. The van der Waals surface area contributed by atoms with Crippen LogP contribution in [0.1, 0.15) is 51.5 Å². The monoisotopic (exact) mass is 316 g/mol. The molecule has 2 aliphatic heterocycles. The topological polar surface area (TPSA) is 50.4 Å². The van der Waals surface area contributed by atoms with Crippen LogP contribution in [0.5, 0.6) is 5.75 Å². The molecule has 2 aliphatic rings. The van der Waals surface area contributed by atoms with Gasteiger partial charge in [0.25, 0.3) is 0 Å². The van der Waals surface area contributed by atoms with Crippen molar-refractivity contribution in [2.45, 2.75) is 71.1 Å². The zero-order valence-corrected chi connectivity index (χ0v) is 14.4. The molecule has 2 unspecified atom stereocenters. The molecule has 2 N–H and O–H groups in total. The van der Waals surface area contributed by atoms with Crippen LogP contribution in [-0.4, -0.2) is 24.1 Å². The lowest BCUT2D eigenvalue weighted by Gasteiger charge is -2.28. The number of anilines is 1. The van der Waals surface area contributed by atoms with Crippen LogP contribution in [0.2, 0.25) is 0 Å². The SMILES string of the molecule is Cc1cc(NC(=O)CC2CC3CCC(C2)N3)ccc1OC(C)C. The number of ether oxygens (including phenoxy) is 1. The molecule has 0 saturated carbocycles. The summed E-state index contributed by atoms with van der Waals surface area (Å²) in [6.07, 6.45) is 5.63. The summed E-state index contributed by atoms with van der Waals surface area (Å²) in [4.78, 5) is 12.3. The predicted octanol–water partition coefficient (Wildman–Crippen LogP) is 3.64. The highest BCUT2D eigenvalue weighted by Gasteiger charge is 2.34. The van der Waals surface area contributed by atoms with Crippen molar-refractivity contribution in [2.75, 3.05) is 5.32 Å². The van der Waals surface area contributed by atoms with Gasteiger partial charge in [-0.1, -0.05) is 0 Å². The molecule has 2 fully saturated rings. The first kappa shape index (κ1) is 16.3. The molecule has 1 aromatic rings. The first-order valence-corrected chi connectivity index (χ1v) is 8.83. The summed E-state index contributed by atoms with van der Waals surface area (Å²) in [6.45, 7) is 6.04. The Labute approximate surface area is 139 Å². The number of aryl methyl sites for hydroxylation is 1. The van der Waals surface area contributed by atoms with Gasteiger partial charge in [-0.15, -0.1) is 0 Å². The molecule has 0 spiro atoms. The highest BCUT2D eigenvalue weighted by Crippen LogP contribution is 2.33. The zero-order valence-electron chi connectivity index (χ0n) is 14.4. The van der Waals surface area contributed by atoms with Crippen LogP contribution in [0.25, 0.3) is 0 Å². The van der Waals surface area contributed by atoms with Crippen molar-refractivity contribution in [1.82, 2.24) is 5.32 Å². The molecule has 23 heavy (non-hydrogen) atoms. The van der Waals surface area contributed by atoms with Gasteiger partial charge >= 0.3 is 0 Å². The quantitative estimate of drug-likeness (QED) is 0.872.